The number of hydrogen-bond donors (Lipinski definition) is 0. The molecule has 0 heteroatoms. The van der Waals surface area contributed by atoms with Gasteiger partial charge >= 0.3 is 0 Å². The second-order valence-electron chi connectivity index (χ2n) is 7.75. The monoisotopic (exact) mass is 272 g/mol. The van der Waals surface area contributed by atoms with E-state index < -0.39 is 0 Å². The second-order valence-corrected chi connectivity index (χ2v) is 7.75. The minimum absolute atomic E-state index is 0.631. The quantitative estimate of drug-likeness (QED) is 0.609. The molecule has 3 atom stereocenters. The molecule has 0 radical (unpaired) electrons. The highest BCUT2D eigenvalue weighted by Gasteiger charge is 2.59. The van der Waals surface area contributed by atoms with E-state index in [1.807, 2.05) is 0 Å². The van der Waals surface area contributed by atoms with E-state index in [0.717, 1.165) is 11.8 Å². The molecule has 0 N–H and O–H groups in total. The highest BCUT2D eigenvalue weighted by Crippen LogP contribution is 2.67. The predicted molar refractivity (Wildman–Crippen MR) is 88.8 cm³/mol. The number of rotatable bonds is 2. The molecule has 0 amide bonds. The van der Waals surface area contributed by atoms with E-state index in [-0.39, 0.29) is 0 Å². The summed E-state index contributed by atoms with van der Waals surface area (Å²) < 4.78 is 0. The third-order valence-corrected chi connectivity index (χ3v) is 6.61. The van der Waals surface area contributed by atoms with Gasteiger partial charge in [-0.25, -0.2) is 0 Å². The van der Waals surface area contributed by atoms with Gasteiger partial charge in [-0.3, -0.25) is 0 Å². The van der Waals surface area contributed by atoms with Crippen molar-refractivity contribution in [2.45, 2.75) is 66.7 Å². The molecule has 0 nitrogen and oxygen atoms in total. The molecular weight excluding hydrogens is 240 g/mol. The Morgan fingerprint density at radius 3 is 2.10 bits per heavy atom. The van der Waals surface area contributed by atoms with E-state index in [9.17, 15) is 0 Å². The molecule has 0 aromatic heterocycles. The lowest BCUT2D eigenvalue weighted by Gasteiger charge is -2.37. The third kappa shape index (κ3) is 2.67. The van der Waals surface area contributed by atoms with Gasteiger partial charge in [-0.2, -0.15) is 0 Å². The molecule has 2 bridgehead atoms. The van der Waals surface area contributed by atoms with E-state index in [4.69, 9.17) is 0 Å². The number of fused-ring (bicyclic) bond motifs is 2. The lowest BCUT2D eigenvalue weighted by Crippen LogP contribution is -2.30. The maximum Gasteiger partial charge on any atom is -0.0246 e. The van der Waals surface area contributed by atoms with Crippen LogP contribution in [0.25, 0.3) is 0 Å². The van der Waals surface area contributed by atoms with Crippen molar-refractivity contribution in [3.05, 3.63) is 35.9 Å². The molecule has 1 aromatic carbocycles. The molecule has 3 rings (SSSR count). The zero-order chi connectivity index (χ0) is 14.8. The summed E-state index contributed by atoms with van der Waals surface area (Å²) in [6.07, 6.45) is 6.91. The average Bonchev–Trinajstić information content (AvgIpc) is 2.74. The van der Waals surface area contributed by atoms with Crippen LogP contribution in [0.2, 0.25) is 0 Å². The molecule has 2 aliphatic rings. The minimum Gasteiger partial charge on any atom is -0.0651 e. The summed E-state index contributed by atoms with van der Waals surface area (Å²) in [6, 6.07) is 10.6. The van der Waals surface area contributed by atoms with Crippen LogP contribution in [0.4, 0.5) is 0 Å². The topological polar surface area (TPSA) is 0 Å². The van der Waals surface area contributed by atoms with E-state index in [2.05, 4.69) is 65.0 Å². The summed E-state index contributed by atoms with van der Waals surface area (Å²) in [4.78, 5) is 0. The van der Waals surface area contributed by atoms with Gasteiger partial charge in [0, 0.05) is 0 Å². The zero-order valence-electron chi connectivity index (χ0n) is 14.1. The standard InChI is InChI=1S/C11H20.C9H12/c1-8-7-9-5-6-11(8,4)10(9,2)3;1-2-6-9-7-4-3-5-8-9/h8-9H,5-7H2,1-4H3;3-5,7-8H,2,6H2,1H3. The van der Waals surface area contributed by atoms with Crippen LogP contribution in [-0.2, 0) is 6.42 Å². The minimum atomic E-state index is 0.631. The largest absolute Gasteiger partial charge is 0.0651 e. The first-order valence-corrected chi connectivity index (χ1v) is 8.45. The lowest BCUT2D eigenvalue weighted by molar-refractivity contribution is 0.112. The molecule has 112 valence electrons. The number of aryl methyl sites for hydroxylation is 1. The first-order chi connectivity index (χ1) is 9.41. The molecule has 0 saturated heterocycles. The summed E-state index contributed by atoms with van der Waals surface area (Å²) in [7, 11) is 0. The Hall–Kier alpha value is -0.780. The van der Waals surface area contributed by atoms with E-state index >= 15 is 0 Å². The van der Waals surface area contributed by atoms with Gasteiger partial charge in [0.15, 0.2) is 0 Å². The Labute approximate surface area is 126 Å². The van der Waals surface area contributed by atoms with Gasteiger partial charge in [0.05, 0.1) is 0 Å². The van der Waals surface area contributed by atoms with Crippen LogP contribution < -0.4 is 0 Å². The van der Waals surface area contributed by atoms with Gasteiger partial charge in [0.1, 0.15) is 0 Å². The van der Waals surface area contributed by atoms with Crippen molar-refractivity contribution in [2.24, 2.45) is 22.7 Å². The smallest absolute Gasteiger partial charge is 0.0246 e. The van der Waals surface area contributed by atoms with Crippen LogP contribution in [0.5, 0.6) is 0 Å². The van der Waals surface area contributed by atoms with Crippen LogP contribution >= 0.6 is 0 Å². The summed E-state index contributed by atoms with van der Waals surface area (Å²) in [5.74, 6) is 2.00. The molecule has 2 saturated carbocycles. The lowest BCUT2D eigenvalue weighted by atomic mass is 9.67. The summed E-state index contributed by atoms with van der Waals surface area (Å²) in [5, 5.41) is 0. The fraction of sp³-hybridized carbons (Fsp3) is 0.700. The van der Waals surface area contributed by atoms with Gasteiger partial charge in [-0.15, -0.1) is 0 Å². The predicted octanol–water partition coefficient (Wildman–Crippen LogP) is 6.11. The molecule has 1 aromatic rings. The van der Waals surface area contributed by atoms with Gasteiger partial charge in [-0.1, -0.05) is 71.4 Å². The Balaban J connectivity index is 0.000000151. The number of benzene rings is 1. The van der Waals surface area contributed by atoms with Crippen LogP contribution in [0.15, 0.2) is 30.3 Å². The van der Waals surface area contributed by atoms with Gasteiger partial charge in [0.2, 0.25) is 0 Å². The van der Waals surface area contributed by atoms with Crippen LogP contribution in [0.3, 0.4) is 0 Å². The molecule has 0 heterocycles. The normalized spacial score (nSPS) is 33.6. The SMILES string of the molecule is CC1CC2CCC1(C)C2(C)C.CCCc1ccccc1. The Bertz CT molecular complexity index is 417. The van der Waals surface area contributed by atoms with E-state index in [1.165, 1.54) is 37.7 Å². The maximum absolute atomic E-state index is 2.50. The highest BCUT2D eigenvalue weighted by molar-refractivity contribution is 5.14. The first kappa shape index (κ1) is 15.6. The van der Waals surface area contributed by atoms with Crippen molar-refractivity contribution in [3.8, 4) is 0 Å². The van der Waals surface area contributed by atoms with Crippen molar-refractivity contribution in [1.82, 2.24) is 0 Å². The average molecular weight is 272 g/mol. The van der Waals surface area contributed by atoms with Gasteiger partial charge < -0.3 is 0 Å². The highest BCUT2D eigenvalue weighted by atomic mass is 14.6. The first-order valence-electron chi connectivity index (χ1n) is 8.45. The molecular formula is C20H32. The maximum atomic E-state index is 2.50. The Morgan fingerprint density at radius 2 is 1.75 bits per heavy atom. The fourth-order valence-corrected chi connectivity index (χ4v) is 4.54. The van der Waals surface area contributed by atoms with Gasteiger partial charge in [0.25, 0.3) is 0 Å². The summed E-state index contributed by atoms with van der Waals surface area (Å²) in [5.41, 5.74) is 2.74. The molecule has 3 unspecified atom stereocenters. The third-order valence-electron chi connectivity index (χ3n) is 6.61. The molecule has 2 fully saturated rings. The van der Waals surface area contributed by atoms with Crippen molar-refractivity contribution < 1.29 is 0 Å². The second kappa shape index (κ2) is 5.92. The Morgan fingerprint density at radius 1 is 1.10 bits per heavy atom. The van der Waals surface area contributed by atoms with E-state index in [0.29, 0.717) is 10.8 Å². The summed E-state index contributed by atoms with van der Waals surface area (Å²) in [6.45, 7) is 12.1. The van der Waals surface area contributed by atoms with E-state index in [1.54, 1.807) is 0 Å². The van der Waals surface area contributed by atoms with Crippen molar-refractivity contribution in [1.29, 1.82) is 0 Å². The Kier molecular flexibility index (Phi) is 4.62. The van der Waals surface area contributed by atoms with Crippen LogP contribution in [-0.4, -0.2) is 0 Å². The summed E-state index contributed by atoms with van der Waals surface area (Å²) >= 11 is 0. The van der Waals surface area contributed by atoms with Crippen LogP contribution in [0, 0.1) is 22.7 Å². The molecule has 0 spiro atoms. The van der Waals surface area contributed by atoms with Gasteiger partial charge in [-0.05, 0) is 53.9 Å². The zero-order valence-corrected chi connectivity index (χ0v) is 14.1. The van der Waals surface area contributed by atoms with Crippen molar-refractivity contribution in [3.63, 3.8) is 0 Å². The van der Waals surface area contributed by atoms with Crippen molar-refractivity contribution >= 4 is 0 Å². The van der Waals surface area contributed by atoms with Crippen LogP contribution in [0.1, 0.15) is 65.9 Å². The molecule has 2 aliphatic carbocycles. The van der Waals surface area contributed by atoms with Crippen molar-refractivity contribution in [2.75, 3.05) is 0 Å². The number of hydrogen-bond acceptors (Lipinski definition) is 0. The molecule has 20 heavy (non-hydrogen) atoms. The molecule has 0 aliphatic heterocycles. The fourth-order valence-electron chi connectivity index (χ4n) is 4.54.